The molecule has 0 bridgehead atoms. The molecule has 7 heteroatoms. The summed E-state index contributed by atoms with van der Waals surface area (Å²) in [5.74, 6) is 0.411. The Morgan fingerprint density at radius 2 is 2.27 bits per heavy atom. The number of fused-ring (bicyclic) bond motifs is 1. The van der Waals surface area contributed by atoms with Crippen LogP contribution in [0.25, 0.3) is 0 Å². The fraction of sp³-hybridized carbons (Fsp3) is 0.333. The lowest BCUT2D eigenvalue weighted by Gasteiger charge is -2.26. The van der Waals surface area contributed by atoms with E-state index < -0.39 is 0 Å². The molecule has 7 nitrogen and oxygen atoms in total. The minimum atomic E-state index is -0.216. The summed E-state index contributed by atoms with van der Waals surface area (Å²) in [6.45, 7) is 2.78. The number of carbonyl (C=O) groups is 2. The molecule has 0 fully saturated rings. The SMILES string of the molecule is Cc1cc2n(n1)CCC(=O)N2CC(=O)NCc1ccccn1. The predicted molar refractivity (Wildman–Crippen MR) is 80.0 cm³/mol. The van der Waals surface area contributed by atoms with Gasteiger partial charge in [0.25, 0.3) is 0 Å². The molecule has 1 aliphatic heterocycles. The molecule has 1 N–H and O–H groups in total. The monoisotopic (exact) mass is 299 g/mol. The molecule has 2 amide bonds. The molecule has 2 aromatic heterocycles. The lowest BCUT2D eigenvalue weighted by molar-refractivity contribution is -0.124. The van der Waals surface area contributed by atoms with Gasteiger partial charge in [-0.1, -0.05) is 6.07 Å². The lowest BCUT2D eigenvalue weighted by Crippen LogP contribution is -2.44. The smallest absolute Gasteiger partial charge is 0.240 e. The number of aryl methyl sites for hydroxylation is 2. The van der Waals surface area contributed by atoms with Crippen molar-refractivity contribution in [3.05, 3.63) is 41.9 Å². The predicted octanol–water partition coefficient (Wildman–Crippen LogP) is 0.640. The normalized spacial score (nSPS) is 13.9. The average molecular weight is 299 g/mol. The number of rotatable bonds is 4. The molecule has 0 spiro atoms. The molecule has 0 radical (unpaired) electrons. The minimum absolute atomic E-state index is 0.00317. The maximum absolute atomic E-state index is 12.1. The Hall–Kier alpha value is -2.70. The molecule has 3 heterocycles. The first-order valence-corrected chi connectivity index (χ1v) is 7.15. The van der Waals surface area contributed by atoms with Crippen molar-refractivity contribution < 1.29 is 9.59 Å². The van der Waals surface area contributed by atoms with Crippen molar-refractivity contribution in [3.63, 3.8) is 0 Å². The van der Waals surface area contributed by atoms with Gasteiger partial charge in [0, 0.05) is 18.7 Å². The summed E-state index contributed by atoms with van der Waals surface area (Å²) < 4.78 is 1.77. The van der Waals surface area contributed by atoms with Gasteiger partial charge in [-0.25, -0.2) is 4.68 Å². The van der Waals surface area contributed by atoms with Crippen molar-refractivity contribution in [1.29, 1.82) is 0 Å². The van der Waals surface area contributed by atoms with Crippen LogP contribution in [-0.2, 0) is 22.7 Å². The van der Waals surface area contributed by atoms with Crippen molar-refractivity contribution >= 4 is 17.6 Å². The van der Waals surface area contributed by atoms with E-state index in [1.54, 1.807) is 10.9 Å². The second kappa shape index (κ2) is 5.97. The van der Waals surface area contributed by atoms with Crippen molar-refractivity contribution in [2.45, 2.75) is 26.4 Å². The number of nitrogens with one attached hydrogen (secondary N) is 1. The van der Waals surface area contributed by atoms with Crippen LogP contribution < -0.4 is 10.2 Å². The first-order chi connectivity index (χ1) is 10.6. The van der Waals surface area contributed by atoms with Crippen LogP contribution in [0.5, 0.6) is 0 Å². The van der Waals surface area contributed by atoms with Gasteiger partial charge in [0.05, 0.1) is 24.5 Å². The van der Waals surface area contributed by atoms with Crippen LogP contribution in [0.1, 0.15) is 17.8 Å². The topological polar surface area (TPSA) is 80.1 Å². The van der Waals surface area contributed by atoms with Crippen LogP contribution in [0, 0.1) is 6.92 Å². The maximum atomic E-state index is 12.1. The lowest BCUT2D eigenvalue weighted by atomic mass is 10.2. The van der Waals surface area contributed by atoms with Crippen molar-refractivity contribution in [1.82, 2.24) is 20.1 Å². The highest BCUT2D eigenvalue weighted by atomic mass is 16.2. The summed E-state index contributed by atoms with van der Waals surface area (Å²) in [6, 6.07) is 7.35. The third-order valence-electron chi connectivity index (χ3n) is 3.49. The van der Waals surface area contributed by atoms with E-state index in [0.29, 0.717) is 25.3 Å². The largest absolute Gasteiger partial charge is 0.349 e. The molecule has 22 heavy (non-hydrogen) atoms. The van der Waals surface area contributed by atoms with Gasteiger partial charge in [-0.3, -0.25) is 19.5 Å². The van der Waals surface area contributed by atoms with Crippen LogP contribution in [0.15, 0.2) is 30.5 Å². The first kappa shape index (κ1) is 14.2. The zero-order valence-corrected chi connectivity index (χ0v) is 12.3. The third-order valence-corrected chi connectivity index (χ3v) is 3.49. The van der Waals surface area contributed by atoms with Gasteiger partial charge in [0.1, 0.15) is 12.4 Å². The molecule has 0 aromatic carbocycles. The van der Waals surface area contributed by atoms with Crippen molar-refractivity contribution in [3.8, 4) is 0 Å². The Balaban J connectivity index is 1.65. The Morgan fingerprint density at radius 3 is 3.05 bits per heavy atom. The maximum Gasteiger partial charge on any atom is 0.240 e. The zero-order chi connectivity index (χ0) is 15.5. The summed E-state index contributed by atoms with van der Waals surface area (Å²) in [4.78, 5) is 29.8. The minimum Gasteiger partial charge on any atom is -0.349 e. The van der Waals surface area contributed by atoms with Gasteiger partial charge >= 0.3 is 0 Å². The van der Waals surface area contributed by atoms with E-state index in [9.17, 15) is 9.59 Å². The van der Waals surface area contributed by atoms with Crippen molar-refractivity contribution in [2.75, 3.05) is 11.4 Å². The molecule has 0 atom stereocenters. The quantitative estimate of drug-likeness (QED) is 0.898. The van der Waals surface area contributed by atoms with E-state index in [-0.39, 0.29) is 18.4 Å². The van der Waals surface area contributed by atoms with Crippen LogP contribution in [0.4, 0.5) is 5.82 Å². The van der Waals surface area contributed by atoms with Crippen LogP contribution in [0.2, 0.25) is 0 Å². The Bertz CT molecular complexity index is 695. The molecule has 2 aromatic rings. The van der Waals surface area contributed by atoms with E-state index in [4.69, 9.17) is 0 Å². The standard InChI is InChI=1S/C15H17N5O2/c1-11-8-14-19(15(22)5-7-20(14)18-11)10-13(21)17-9-12-4-2-3-6-16-12/h2-4,6,8H,5,7,9-10H2,1H3,(H,17,21). The Kier molecular flexibility index (Phi) is 3.86. The first-order valence-electron chi connectivity index (χ1n) is 7.15. The summed E-state index contributed by atoms with van der Waals surface area (Å²) in [6.07, 6.45) is 2.04. The van der Waals surface area contributed by atoms with Crippen molar-refractivity contribution in [2.24, 2.45) is 0 Å². The number of amides is 2. The van der Waals surface area contributed by atoms with E-state index in [0.717, 1.165) is 11.4 Å². The molecular weight excluding hydrogens is 282 g/mol. The number of hydrogen-bond acceptors (Lipinski definition) is 4. The van der Waals surface area contributed by atoms with Gasteiger partial charge in [0.2, 0.25) is 11.8 Å². The molecule has 0 unspecified atom stereocenters. The molecule has 114 valence electrons. The van der Waals surface area contributed by atoms with Gasteiger partial charge in [0.15, 0.2) is 0 Å². The van der Waals surface area contributed by atoms with Gasteiger partial charge in [-0.05, 0) is 19.1 Å². The summed E-state index contributed by atoms with van der Waals surface area (Å²) in [5.41, 5.74) is 1.62. The van der Waals surface area contributed by atoms with Gasteiger partial charge in [-0.2, -0.15) is 5.10 Å². The fourth-order valence-corrected chi connectivity index (χ4v) is 2.44. The number of anilines is 1. The summed E-state index contributed by atoms with van der Waals surface area (Å²) in [7, 11) is 0. The number of pyridine rings is 1. The highest BCUT2D eigenvalue weighted by molar-refractivity contribution is 5.98. The summed E-state index contributed by atoms with van der Waals surface area (Å²) in [5, 5.41) is 7.10. The van der Waals surface area contributed by atoms with E-state index >= 15 is 0 Å². The third kappa shape index (κ3) is 2.98. The van der Waals surface area contributed by atoms with E-state index in [2.05, 4.69) is 15.4 Å². The number of carbonyl (C=O) groups excluding carboxylic acids is 2. The number of aromatic nitrogens is 3. The second-order valence-electron chi connectivity index (χ2n) is 5.19. The fourth-order valence-electron chi connectivity index (χ4n) is 2.44. The molecule has 0 aliphatic carbocycles. The summed E-state index contributed by atoms with van der Waals surface area (Å²) >= 11 is 0. The number of hydrogen-bond donors (Lipinski definition) is 1. The molecular formula is C15H17N5O2. The molecule has 0 saturated heterocycles. The van der Waals surface area contributed by atoms with Crippen LogP contribution >= 0.6 is 0 Å². The van der Waals surface area contributed by atoms with Gasteiger partial charge in [-0.15, -0.1) is 0 Å². The van der Waals surface area contributed by atoms with Crippen LogP contribution in [0.3, 0.4) is 0 Å². The van der Waals surface area contributed by atoms with Gasteiger partial charge < -0.3 is 5.32 Å². The number of nitrogens with zero attached hydrogens (tertiary/aromatic N) is 4. The highest BCUT2D eigenvalue weighted by Gasteiger charge is 2.27. The average Bonchev–Trinajstić information content (AvgIpc) is 2.90. The second-order valence-corrected chi connectivity index (χ2v) is 5.19. The molecule has 3 rings (SSSR count). The zero-order valence-electron chi connectivity index (χ0n) is 12.3. The molecule has 0 saturated carbocycles. The Labute approximate surface area is 127 Å². The molecule has 1 aliphatic rings. The van der Waals surface area contributed by atoms with Crippen LogP contribution in [-0.4, -0.2) is 33.1 Å². The van der Waals surface area contributed by atoms with E-state index in [1.165, 1.54) is 4.90 Å². The highest BCUT2D eigenvalue weighted by Crippen LogP contribution is 2.21. The van der Waals surface area contributed by atoms with E-state index in [1.807, 2.05) is 31.2 Å². The Morgan fingerprint density at radius 1 is 1.41 bits per heavy atom.